The Labute approximate surface area is 125 Å². The van der Waals surface area contributed by atoms with Crippen LogP contribution in [0, 0.1) is 0 Å². The summed E-state index contributed by atoms with van der Waals surface area (Å²) in [5.74, 6) is 0.840. The molecule has 0 bridgehead atoms. The minimum absolute atomic E-state index is 0.0180. The summed E-state index contributed by atoms with van der Waals surface area (Å²) in [4.78, 5) is 0.160. The predicted octanol–water partition coefficient (Wildman–Crippen LogP) is 1.38. The number of rotatable bonds is 6. The molecule has 6 nitrogen and oxygen atoms in total. The molecule has 2 rings (SSSR count). The molecular weight excluding hydrogens is 292 g/mol. The fourth-order valence-corrected chi connectivity index (χ4v) is 4.02. The van der Waals surface area contributed by atoms with Crippen LogP contribution < -0.4 is 19.9 Å². The second-order valence-electron chi connectivity index (χ2n) is 5.12. The van der Waals surface area contributed by atoms with Crippen LogP contribution in [0.5, 0.6) is 11.5 Å². The Morgan fingerprint density at radius 2 is 1.90 bits per heavy atom. The highest BCUT2D eigenvalue weighted by atomic mass is 32.2. The van der Waals surface area contributed by atoms with Crippen LogP contribution in [0.15, 0.2) is 17.0 Å². The Bertz CT molecular complexity index is 570. The van der Waals surface area contributed by atoms with Crippen molar-refractivity contribution >= 4 is 10.0 Å². The van der Waals surface area contributed by atoms with Gasteiger partial charge in [-0.05, 0) is 18.9 Å². The molecule has 0 spiro atoms. The Balaban J connectivity index is 2.38. The molecule has 1 aromatic rings. The predicted molar refractivity (Wildman–Crippen MR) is 80.0 cm³/mol. The van der Waals surface area contributed by atoms with Gasteiger partial charge in [0.2, 0.25) is 10.0 Å². The molecule has 1 aliphatic carbocycles. The number of ether oxygens (including phenoxy) is 2. The van der Waals surface area contributed by atoms with Crippen molar-refractivity contribution in [3.63, 3.8) is 0 Å². The van der Waals surface area contributed by atoms with E-state index in [9.17, 15) is 8.42 Å². The van der Waals surface area contributed by atoms with Gasteiger partial charge in [-0.25, -0.2) is 13.1 Å². The smallest absolute Gasteiger partial charge is 0.240 e. The average Bonchev–Trinajstić information content (AvgIpc) is 2.97. The van der Waals surface area contributed by atoms with E-state index in [1.807, 2.05) is 0 Å². The van der Waals surface area contributed by atoms with E-state index in [0.717, 1.165) is 25.7 Å². The van der Waals surface area contributed by atoms with E-state index in [0.29, 0.717) is 17.1 Å². The topological polar surface area (TPSA) is 90.7 Å². The molecular formula is C14H22N2O4S. The summed E-state index contributed by atoms with van der Waals surface area (Å²) in [6, 6.07) is 3.03. The molecule has 1 aliphatic rings. The number of sulfonamides is 1. The van der Waals surface area contributed by atoms with Crippen molar-refractivity contribution in [3.8, 4) is 11.5 Å². The third-order valence-corrected chi connectivity index (χ3v) is 5.24. The number of nitrogens with two attached hydrogens (primary N) is 1. The Morgan fingerprint density at radius 1 is 1.24 bits per heavy atom. The maximum absolute atomic E-state index is 12.5. The first-order chi connectivity index (χ1) is 10.0. The molecule has 7 heteroatoms. The van der Waals surface area contributed by atoms with Crippen LogP contribution >= 0.6 is 0 Å². The van der Waals surface area contributed by atoms with Crippen LogP contribution in [0.4, 0.5) is 0 Å². The molecule has 1 aromatic carbocycles. The molecule has 0 radical (unpaired) electrons. The zero-order valence-electron chi connectivity index (χ0n) is 12.4. The molecule has 0 atom stereocenters. The largest absolute Gasteiger partial charge is 0.493 e. The average molecular weight is 314 g/mol. The lowest BCUT2D eigenvalue weighted by Gasteiger charge is -2.16. The SMILES string of the molecule is COc1cc(S(=O)(=O)NC2CCCC2)cc(CN)c1OC. The van der Waals surface area contributed by atoms with E-state index < -0.39 is 10.0 Å². The first-order valence-corrected chi connectivity index (χ1v) is 8.47. The molecule has 21 heavy (non-hydrogen) atoms. The molecule has 0 unspecified atom stereocenters. The first kappa shape index (κ1) is 16.1. The summed E-state index contributed by atoms with van der Waals surface area (Å²) in [6.07, 6.45) is 3.90. The quantitative estimate of drug-likeness (QED) is 0.828. The third kappa shape index (κ3) is 3.48. The van der Waals surface area contributed by atoms with Gasteiger partial charge < -0.3 is 15.2 Å². The van der Waals surface area contributed by atoms with E-state index >= 15 is 0 Å². The van der Waals surface area contributed by atoms with Crippen LogP contribution in [-0.4, -0.2) is 28.7 Å². The van der Waals surface area contributed by atoms with E-state index in [-0.39, 0.29) is 17.5 Å². The van der Waals surface area contributed by atoms with Gasteiger partial charge in [0, 0.05) is 24.2 Å². The van der Waals surface area contributed by atoms with Crippen molar-refractivity contribution in [2.45, 2.75) is 43.2 Å². The lowest BCUT2D eigenvalue weighted by molar-refractivity contribution is 0.350. The zero-order valence-corrected chi connectivity index (χ0v) is 13.2. The number of benzene rings is 1. The van der Waals surface area contributed by atoms with Crippen molar-refractivity contribution in [1.29, 1.82) is 0 Å². The maximum atomic E-state index is 12.5. The van der Waals surface area contributed by atoms with Gasteiger partial charge in [-0.3, -0.25) is 0 Å². The monoisotopic (exact) mass is 314 g/mol. The molecule has 1 fully saturated rings. The van der Waals surface area contributed by atoms with Crippen LogP contribution in [-0.2, 0) is 16.6 Å². The van der Waals surface area contributed by atoms with Crippen LogP contribution in [0.1, 0.15) is 31.2 Å². The maximum Gasteiger partial charge on any atom is 0.240 e. The fraction of sp³-hybridized carbons (Fsp3) is 0.571. The van der Waals surface area contributed by atoms with Crippen LogP contribution in [0.25, 0.3) is 0 Å². The molecule has 118 valence electrons. The lowest BCUT2D eigenvalue weighted by atomic mass is 10.2. The number of hydrogen-bond acceptors (Lipinski definition) is 5. The molecule has 0 heterocycles. The number of nitrogens with one attached hydrogen (secondary N) is 1. The molecule has 0 aromatic heterocycles. The van der Waals surface area contributed by atoms with Crippen molar-refractivity contribution < 1.29 is 17.9 Å². The third-order valence-electron chi connectivity index (χ3n) is 3.74. The molecule has 0 saturated heterocycles. The van der Waals surface area contributed by atoms with Gasteiger partial charge >= 0.3 is 0 Å². The van der Waals surface area contributed by atoms with E-state index in [4.69, 9.17) is 15.2 Å². The summed E-state index contributed by atoms with van der Waals surface area (Å²) < 4.78 is 38.1. The van der Waals surface area contributed by atoms with Gasteiger partial charge in [0.05, 0.1) is 19.1 Å². The van der Waals surface area contributed by atoms with Gasteiger partial charge in [-0.15, -0.1) is 0 Å². The summed E-state index contributed by atoms with van der Waals surface area (Å²) in [5, 5.41) is 0. The summed E-state index contributed by atoms with van der Waals surface area (Å²) in [5.41, 5.74) is 6.28. The summed E-state index contributed by atoms with van der Waals surface area (Å²) >= 11 is 0. The van der Waals surface area contributed by atoms with E-state index in [2.05, 4.69) is 4.72 Å². The first-order valence-electron chi connectivity index (χ1n) is 6.99. The highest BCUT2D eigenvalue weighted by Crippen LogP contribution is 2.34. The number of methoxy groups -OCH3 is 2. The van der Waals surface area contributed by atoms with E-state index in [1.54, 1.807) is 6.07 Å². The fourth-order valence-electron chi connectivity index (χ4n) is 2.65. The van der Waals surface area contributed by atoms with Gasteiger partial charge in [0.25, 0.3) is 0 Å². The van der Waals surface area contributed by atoms with Crippen LogP contribution in [0.3, 0.4) is 0 Å². The normalized spacial score (nSPS) is 16.1. The highest BCUT2D eigenvalue weighted by Gasteiger charge is 2.25. The molecule has 0 amide bonds. The summed E-state index contributed by atoms with van der Waals surface area (Å²) in [7, 11) is -0.602. The second kappa shape index (κ2) is 6.64. The standard InChI is InChI=1S/C14H22N2O4S/c1-19-13-8-12(7-10(9-15)14(13)20-2)21(17,18)16-11-5-3-4-6-11/h7-8,11,16H,3-6,9,15H2,1-2H3. The summed E-state index contributed by atoms with van der Waals surface area (Å²) in [6.45, 7) is 0.173. The zero-order chi connectivity index (χ0) is 15.5. The van der Waals surface area contributed by atoms with Crippen molar-refractivity contribution in [3.05, 3.63) is 17.7 Å². The van der Waals surface area contributed by atoms with Gasteiger partial charge in [0.1, 0.15) is 0 Å². The van der Waals surface area contributed by atoms with Crippen molar-refractivity contribution in [2.24, 2.45) is 5.73 Å². The minimum atomic E-state index is -3.57. The minimum Gasteiger partial charge on any atom is -0.493 e. The highest BCUT2D eigenvalue weighted by molar-refractivity contribution is 7.89. The van der Waals surface area contributed by atoms with Crippen molar-refractivity contribution in [1.82, 2.24) is 4.72 Å². The van der Waals surface area contributed by atoms with Gasteiger partial charge in [-0.2, -0.15) is 0 Å². The Morgan fingerprint density at radius 3 is 2.43 bits per heavy atom. The Kier molecular flexibility index (Phi) is 5.08. The lowest BCUT2D eigenvalue weighted by Crippen LogP contribution is -2.32. The van der Waals surface area contributed by atoms with Crippen LogP contribution in [0.2, 0.25) is 0 Å². The molecule has 1 saturated carbocycles. The Hall–Kier alpha value is -1.31. The van der Waals surface area contributed by atoms with Gasteiger partial charge in [-0.1, -0.05) is 12.8 Å². The second-order valence-corrected chi connectivity index (χ2v) is 6.84. The van der Waals surface area contributed by atoms with Crippen molar-refractivity contribution in [2.75, 3.05) is 14.2 Å². The molecule has 3 N–H and O–H groups in total. The number of hydrogen-bond donors (Lipinski definition) is 2. The molecule has 0 aliphatic heterocycles. The van der Waals surface area contributed by atoms with E-state index in [1.165, 1.54) is 20.3 Å². The van der Waals surface area contributed by atoms with Gasteiger partial charge in [0.15, 0.2) is 11.5 Å².